The smallest absolute Gasteiger partial charge is 0.417 e. The molecule has 0 radical (unpaired) electrons. The number of pyridine rings is 1. The number of nitrogens with one attached hydrogen (secondary N) is 1. The fourth-order valence-corrected chi connectivity index (χ4v) is 4.62. The van der Waals surface area contributed by atoms with Crippen LogP contribution in [0, 0.1) is 17.6 Å². The molecular weight excluding hydrogens is 507 g/mol. The molecule has 4 rings (SSSR count). The Morgan fingerprint density at radius 3 is 2.59 bits per heavy atom. The van der Waals surface area contributed by atoms with Gasteiger partial charge in [0, 0.05) is 23.5 Å². The summed E-state index contributed by atoms with van der Waals surface area (Å²) in [6.07, 6.45) is -5.60. The van der Waals surface area contributed by atoms with Gasteiger partial charge in [-0.15, -0.1) is 0 Å². The highest BCUT2D eigenvalue weighted by atomic mass is 19.4. The van der Waals surface area contributed by atoms with E-state index in [0.717, 1.165) is 26.2 Å². The summed E-state index contributed by atoms with van der Waals surface area (Å²) in [6, 6.07) is 3.20. The molecule has 202 valence electrons. The van der Waals surface area contributed by atoms with Crippen LogP contribution >= 0.6 is 0 Å². The van der Waals surface area contributed by atoms with Gasteiger partial charge in [-0.05, 0) is 13.0 Å². The Morgan fingerprint density at radius 2 is 1.97 bits per heavy atom. The second-order valence-corrected chi connectivity index (χ2v) is 9.10. The number of carbonyl (C=O) groups is 1. The van der Waals surface area contributed by atoms with Gasteiger partial charge in [-0.1, -0.05) is 13.0 Å². The van der Waals surface area contributed by atoms with Crippen LogP contribution in [0.15, 0.2) is 30.6 Å². The normalized spacial score (nSPS) is 29.8. The fourth-order valence-electron chi connectivity index (χ4n) is 4.62. The van der Waals surface area contributed by atoms with E-state index in [4.69, 9.17) is 18.9 Å². The Balaban J connectivity index is 1.66. The summed E-state index contributed by atoms with van der Waals surface area (Å²) in [5, 5.41) is 12.3. The molecule has 6 atom stereocenters. The first kappa shape index (κ1) is 27.0. The van der Waals surface area contributed by atoms with Gasteiger partial charge in [0.05, 0.1) is 38.4 Å². The zero-order valence-electron chi connectivity index (χ0n) is 20.0. The Kier molecular flexibility index (Phi) is 7.32. The van der Waals surface area contributed by atoms with Gasteiger partial charge in [-0.25, -0.2) is 4.39 Å². The number of carbonyl (C=O) groups excluding carboxylic acids is 1. The Morgan fingerprint density at radius 1 is 1.24 bits per heavy atom. The van der Waals surface area contributed by atoms with E-state index in [9.17, 15) is 31.9 Å². The van der Waals surface area contributed by atoms with Crippen molar-refractivity contribution < 1.29 is 50.8 Å². The molecule has 13 heteroatoms. The lowest BCUT2D eigenvalue weighted by Gasteiger charge is -2.32. The molecule has 1 aromatic carbocycles. The Hall–Kier alpha value is -3.03. The van der Waals surface area contributed by atoms with Gasteiger partial charge in [0.15, 0.2) is 17.2 Å². The maximum absolute atomic E-state index is 14.5. The van der Waals surface area contributed by atoms with Crippen molar-refractivity contribution in [3.05, 3.63) is 47.8 Å². The summed E-state index contributed by atoms with van der Waals surface area (Å²) in [4.78, 5) is 17.2. The standard InChI is InChI=1S/C24H25F5N2O6/c1-11-18(14-4-5-15(25)19(26)20(14)34-3)21(37-23(11,2)24(27,28)29)22(33)31-12-6-13(8-30-7-12)36-17-10-35-9-16(17)32/h4-8,11,16-18,21,32H,9-10H2,1-3H3,(H,31,33)/t11-,16-,17+,18-,21+,23+/m0/s1. The minimum absolute atomic E-state index is 0.0729. The molecule has 8 nitrogen and oxygen atoms in total. The average Bonchev–Trinajstić information content (AvgIpc) is 3.36. The predicted octanol–water partition coefficient (Wildman–Crippen LogP) is 3.59. The molecule has 0 unspecified atom stereocenters. The second kappa shape index (κ2) is 10.0. The lowest BCUT2D eigenvalue weighted by atomic mass is 9.77. The molecule has 2 aliphatic heterocycles. The molecule has 2 saturated heterocycles. The number of anilines is 1. The quantitative estimate of drug-likeness (QED) is 0.549. The molecule has 0 saturated carbocycles. The largest absolute Gasteiger partial charge is 0.493 e. The number of amides is 1. The average molecular weight is 532 g/mol. The van der Waals surface area contributed by atoms with E-state index < -0.39 is 65.2 Å². The molecule has 2 N–H and O–H groups in total. The number of benzene rings is 1. The van der Waals surface area contributed by atoms with E-state index in [1.54, 1.807) is 0 Å². The van der Waals surface area contributed by atoms with Gasteiger partial charge in [0.1, 0.15) is 24.1 Å². The van der Waals surface area contributed by atoms with Crippen molar-refractivity contribution >= 4 is 11.6 Å². The number of ether oxygens (including phenoxy) is 4. The van der Waals surface area contributed by atoms with E-state index >= 15 is 0 Å². The van der Waals surface area contributed by atoms with E-state index in [1.807, 2.05) is 0 Å². The topological polar surface area (TPSA) is 99.1 Å². The van der Waals surface area contributed by atoms with Gasteiger partial charge >= 0.3 is 6.18 Å². The molecule has 1 amide bonds. The number of nitrogens with zero attached hydrogens (tertiary/aromatic N) is 1. The second-order valence-electron chi connectivity index (χ2n) is 9.10. The third-order valence-electron chi connectivity index (χ3n) is 6.84. The highest BCUT2D eigenvalue weighted by Crippen LogP contribution is 2.55. The van der Waals surface area contributed by atoms with Crippen LogP contribution in [0.2, 0.25) is 0 Å². The van der Waals surface area contributed by atoms with Crippen molar-refractivity contribution in [2.24, 2.45) is 5.92 Å². The molecule has 2 fully saturated rings. The van der Waals surface area contributed by atoms with Gasteiger partial charge < -0.3 is 29.4 Å². The maximum Gasteiger partial charge on any atom is 0.417 e. The first-order chi connectivity index (χ1) is 17.4. The zero-order valence-corrected chi connectivity index (χ0v) is 20.0. The monoisotopic (exact) mass is 532 g/mol. The molecule has 1 aromatic heterocycles. The number of aliphatic hydroxyl groups is 1. The number of aromatic nitrogens is 1. The van der Waals surface area contributed by atoms with Crippen LogP contribution in [0.1, 0.15) is 25.3 Å². The van der Waals surface area contributed by atoms with Crippen molar-refractivity contribution in [3.63, 3.8) is 0 Å². The number of hydrogen-bond acceptors (Lipinski definition) is 7. The first-order valence-corrected chi connectivity index (χ1v) is 11.3. The van der Waals surface area contributed by atoms with E-state index in [2.05, 4.69) is 10.3 Å². The van der Waals surface area contributed by atoms with E-state index in [0.29, 0.717) is 0 Å². The third kappa shape index (κ3) is 4.94. The van der Waals surface area contributed by atoms with Gasteiger partial charge in [-0.3, -0.25) is 9.78 Å². The number of hydrogen-bond donors (Lipinski definition) is 2. The van der Waals surface area contributed by atoms with E-state index in [-0.39, 0.29) is 30.2 Å². The SMILES string of the molecule is COc1c([C@H]2[C@H](C(=O)Nc3cncc(O[C@@H]4COC[C@@H]4O)c3)O[C@@](C)(C(F)(F)F)[C@H]2C)ccc(F)c1F. The third-order valence-corrected chi connectivity index (χ3v) is 6.84. The molecule has 2 aromatic rings. The summed E-state index contributed by atoms with van der Waals surface area (Å²) in [7, 11) is 1.04. The van der Waals surface area contributed by atoms with Crippen LogP contribution in [0.3, 0.4) is 0 Å². The van der Waals surface area contributed by atoms with E-state index in [1.165, 1.54) is 25.4 Å². The fraction of sp³-hybridized carbons (Fsp3) is 0.500. The Bertz CT molecular complexity index is 1160. The van der Waals surface area contributed by atoms with Crippen molar-refractivity contribution in [2.45, 2.75) is 49.9 Å². The Labute approximate surface area is 208 Å². The van der Waals surface area contributed by atoms with Gasteiger partial charge in [-0.2, -0.15) is 17.6 Å². The van der Waals surface area contributed by atoms with Crippen molar-refractivity contribution in [1.82, 2.24) is 4.98 Å². The van der Waals surface area contributed by atoms with Crippen LogP contribution in [0.5, 0.6) is 11.5 Å². The zero-order chi connectivity index (χ0) is 27.1. The number of halogens is 5. The lowest BCUT2D eigenvalue weighted by Crippen LogP contribution is -2.47. The lowest BCUT2D eigenvalue weighted by molar-refractivity contribution is -0.272. The number of alkyl halides is 3. The van der Waals surface area contributed by atoms with Crippen molar-refractivity contribution in [3.8, 4) is 11.5 Å². The van der Waals surface area contributed by atoms with Gasteiger partial charge in [0.2, 0.25) is 5.82 Å². The minimum Gasteiger partial charge on any atom is -0.493 e. The summed E-state index contributed by atoms with van der Waals surface area (Å²) >= 11 is 0. The molecule has 0 spiro atoms. The molecule has 2 aliphatic rings. The number of aliphatic hydroxyl groups excluding tert-OH is 1. The van der Waals surface area contributed by atoms with Crippen molar-refractivity contribution in [1.29, 1.82) is 0 Å². The minimum atomic E-state index is -4.88. The van der Waals surface area contributed by atoms with Crippen LogP contribution in [0.25, 0.3) is 0 Å². The summed E-state index contributed by atoms with van der Waals surface area (Å²) in [6.45, 7) is 2.25. The van der Waals surface area contributed by atoms with Crippen LogP contribution < -0.4 is 14.8 Å². The molecular formula is C24H25F5N2O6. The molecule has 0 aliphatic carbocycles. The van der Waals surface area contributed by atoms with Crippen molar-refractivity contribution in [2.75, 3.05) is 25.6 Å². The highest BCUT2D eigenvalue weighted by Gasteiger charge is 2.66. The molecule has 37 heavy (non-hydrogen) atoms. The number of rotatable bonds is 6. The summed E-state index contributed by atoms with van der Waals surface area (Å²) < 4.78 is 91.6. The van der Waals surface area contributed by atoms with Crippen LogP contribution in [0.4, 0.5) is 27.6 Å². The predicted molar refractivity (Wildman–Crippen MR) is 118 cm³/mol. The van der Waals surface area contributed by atoms with Crippen LogP contribution in [-0.4, -0.2) is 66.4 Å². The molecule has 0 bridgehead atoms. The summed E-state index contributed by atoms with van der Waals surface area (Å²) in [5.41, 5.74) is -2.85. The molecule has 3 heterocycles. The number of methoxy groups -OCH3 is 1. The highest BCUT2D eigenvalue weighted by molar-refractivity contribution is 5.95. The first-order valence-electron chi connectivity index (χ1n) is 11.3. The van der Waals surface area contributed by atoms with Crippen LogP contribution in [-0.2, 0) is 14.3 Å². The maximum atomic E-state index is 14.5. The van der Waals surface area contributed by atoms with Gasteiger partial charge in [0.25, 0.3) is 5.91 Å². The summed E-state index contributed by atoms with van der Waals surface area (Å²) in [5.74, 6) is -6.80.